The Morgan fingerprint density at radius 2 is 1.90 bits per heavy atom. The van der Waals surface area contributed by atoms with Crippen LogP contribution in [0.25, 0.3) is 0 Å². The molecule has 2 atom stereocenters. The molecule has 4 N–H and O–H groups in total. The number of carbonyl (C=O) groups is 2. The van der Waals surface area contributed by atoms with Crippen molar-refractivity contribution in [2.75, 3.05) is 12.4 Å². The van der Waals surface area contributed by atoms with Crippen molar-refractivity contribution in [2.24, 2.45) is 5.92 Å². The number of allylic oxidation sites excluding steroid dienone is 1. The molecular weight excluding hydrogens is 468 g/mol. The van der Waals surface area contributed by atoms with E-state index < -0.39 is 18.1 Å². The quantitative estimate of drug-likeness (QED) is 0.224. The fraction of sp³-hybridized carbons (Fsp3) is 0.273. The molecule has 9 heteroatoms. The summed E-state index contributed by atoms with van der Waals surface area (Å²) in [6.45, 7) is 1.90. The fourth-order valence-corrected chi connectivity index (χ4v) is 3.20. The summed E-state index contributed by atoms with van der Waals surface area (Å²) in [5, 5.41) is 21.4. The van der Waals surface area contributed by atoms with Gasteiger partial charge in [0.05, 0.1) is 7.11 Å². The predicted octanol–water partition coefficient (Wildman–Crippen LogP) is 4.93. The average molecular weight is 493 g/mol. The minimum absolute atomic E-state index is 0.0615. The standard InChI is InChI=1S/C22H25BrN2O6/c1-14(5-3-4-6-20(27)25-29)21(15-7-12-19(30-2)18(26)13-15)31-22(28)24-17-10-8-16(23)9-11-17/h4,6-14,21,26,29H,3,5H2,1-2H3,(H,24,28)(H,25,27)/b6-4+/t14-,21-/m1/s1. The van der Waals surface area contributed by atoms with E-state index >= 15 is 0 Å². The Bertz CT molecular complexity index is 917. The Morgan fingerprint density at radius 1 is 1.19 bits per heavy atom. The van der Waals surface area contributed by atoms with Crippen LogP contribution in [-0.4, -0.2) is 29.4 Å². The number of nitrogens with one attached hydrogen (secondary N) is 2. The molecule has 31 heavy (non-hydrogen) atoms. The van der Waals surface area contributed by atoms with Crippen LogP contribution in [0.4, 0.5) is 10.5 Å². The molecule has 2 aromatic rings. The molecule has 0 aromatic heterocycles. The highest BCUT2D eigenvalue weighted by molar-refractivity contribution is 9.10. The highest BCUT2D eigenvalue weighted by atomic mass is 79.9. The Kier molecular flexibility index (Phi) is 9.36. The average Bonchev–Trinajstić information content (AvgIpc) is 2.76. The van der Waals surface area contributed by atoms with Crippen LogP contribution in [0.1, 0.15) is 31.4 Å². The third-order valence-electron chi connectivity index (χ3n) is 4.54. The van der Waals surface area contributed by atoms with Crippen LogP contribution in [0.2, 0.25) is 0 Å². The van der Waals surface area contributed by atoms with Gasteiger partial charge in [0.25, 0.3) is 5.91 Å². The molecule has 0 saturated heterocycles. The number of phenolic OH excluding ortho intramolecular Hbond substituents is 1. The first kappa shape index (κ1) is 24.2. The molecule has 2 amide bonds. The number of hydroxylamine groups is 1. The van der Waals surface area contributed by atoms with Gasteiger partial charge in [0.15, 0.2) is 11.5 Å². The molecule has 0 aliphatic rings. The zero-order valence-electron chi connectivity index (χ0n) is 17.2. The van der Waals surface area contributed by atoms with Crippen molar-refractivity contribution in [3.8, 4) is 11.5 Å². The van der Waals surface area contributed by atoms with E-state index in [1.54, 1.807) is 42.5 Å². The number of anilines is 1. The summed E-state index contributed by atoms with van der Waals surface area (Å²) >= 11 is 3.34. The SMILES string of the molecule is COc1ccc([C@H](OC(=O)Nc2ccc(Br)cc2)[C@H](C)CC/C=C/C(=O)NO)cc1O. The molecule has 0 unspecified atom stereocenters. The lowest BCUT2D eigenvalue weighted by molar-refractivity contribution is -0.124. The molecule has 0 aliphatic carbocycles. The number of hydrogen-bond donors (Lipinski definition) is 4. The van der Waals surface area contributed by atoms with E-state index in [0.29, 0.717) is 29.8 Å². The number of ether oxygens (including phenoxy) is 2. The van der Waals surface area contributed by atoms with Crippen LogP contribution in [0.3, 0.4) is 0 Å². The third-order valence-corrected chi connectivity index (χ3v) is 5.07. The van der Waals surface area contributed by atoms with Crippen molar-refractivity contribution in [3.05, 3.63) is 64.7 Å². The van der Waals surface area contributed by atoms with E-state index in [-0.39, 0.29) is 11.7 Å². The second-order valence-electron chi connectivity index (χ2n) is 6.82. The normalized spacial score (nSPS) is 12.8. The van der Waals surface area contributed by atoms with Gasteiger partial charge in [0.1, 0.15) is 6.10 Å². The number of amides is 2. The Labute approximate surface area is 189 Å². The van der Waals surface area contributed by atoms with E-state index in [1.807, 2.05) is 6.92 Å². The van der Waals surface area contributed by atoms with Crippen molar-refractivity contribution in [1.82, 2.24) is 5.48 Å². The van der Waals surface area contributed by atoms with E-state index in [0.717, 1.165) is 4.47 Å². The van der Waals surface area contributed by atoms with Crippen LogP contribution in [0.15, 0.2) is 59.1 Å². The number of benzene rings is 2. The maximum absolute atomic E-state index is 12.5. The Morgan fingerprint density at radius 3 is 2.52 bits per heavy atom. The van der Waals surface area contributed by atoms with Crippen LogP contribution < -0.4 is 15.5 Å². The fourth-order valence-electron chi connectivity index (χ4n) is 2.93. The van der Waals surface area contributed by atoms with E-state index in [9.17, 15) is 14.7 Å². The van der Waals surface area contributed by atoms with Gasteiger partial charge < -0.3 is 14.6 Å². The summed E-state index contributed by atoms with van der Waals surface area (Å²) in [6, 6.07) is 11.9. The Balaban J connectivity index is 2.15. The molecule has 0 bridgehead atoms. The molecule has 0 heterocycles. The first-order valence-corrected chi connectivity index (χ1v) is 10.3. The molecule has 0 radical (unpaired) electrons. The van der Waals surface area contributed by atoms with Gasteiger partial charge in [-0.05, 0) is 60.7 Å². The van der Waals surface area contributed by atoms with E-state index in [2.05, 4.69) is 21.2 Å². The number of methoxy groups -OCH3 is 1. The first-order valence-electron chi connectivity index (χ1n) is 9.54. The molecule has 8 nitrogen and oxygen atoms in total. The van der Waals surface area contributed by atoms with Gasteiger partial charge in [-0.15, -0.1) is 0 Å². The molecule has 166 valence electrons. The summed E-state index contributed by atoms with van der Waals surface area (Å²) in [5.41, 5.74) is 2.71. The topological polar surface area (TPSA) is 117 Å². The van der Waals surface area contributed by atoms with Crippen molar-refractivity contribution < 1.29 is 29.4 Å². The highest BCUT2D eigenvalue weighted by Crippen LogP contribution is 2.35. The van der Waals surface area contributed by atoms with Crippen LogP contribution in [0, 0.1) is 5.92 Å². The summed E-state index contributed by atoms with van der Waals surface area (Å²) in [7, 11) is 1.45. The highest BCUT2D eigenvalue weighted by Gasteiger charge is 2.24. The maximum atomic E-state index is 12.5. The van der Waals surface area contributed by atoms with Crippen molar-refractivity contribution in [1.29, 1.82) is 0 Å². The van der Waals surface area contributed by atoms with Crippen molar-refractivity contribution >= 4 is 33.6 Å². The summed E-state index contributed by atoms with van der Waals surface area (Å²) in [4.78, 5) is 23.6. The van der Waals surface area contributed by atoms with Crippen molar-refractivity contribution in [2.45, 2.75) is 25.9 Å². The minimum atomic E-state index is -0.660. The van der Waals surface area contributed by atoms with E-state index in [4.69, 9.17) is 14.7 Å². The number of halogens is 1. The predicted molar refractivity (Wildman–Crippen MR) is 119 cm³/mol. The van der Waals surface area contributed by atoms with Crippen LogP contribution in [-0.2, 0) is 9.53 Å². The second-order valence-corrected chi connectivity index (χ2v) is 7.74. The first-order chi connectivity index (χ1) is 14.8. The van der Waals surface area contributed by atoms with Crippen LogP contribution >= 0.6 is 15.9 Å². The number of hydrogen-bond acceptors (Lipinski definition) is 6. The monoisotopic (exact) mass is 492 g/mol. The minimum Gasteiger partial charge on any atom is -0.504 e. The smallest absolute Gasteiger partial charge is 0.412 e. The van der Waals surface area contributed by atoms with Gasteiger partial charge >= 0.3 is 6.09 Å². The maximum Gasteiger partial charge on any atom is 0.412 e. The number of rotatable bonds is 9. The molecule has 0 aliphatic heterocycles. The molecular formula is C22H25BrN2O6. The Hall–Kier alpha value is -3.04. The molecule has 0 fully saturated rings. The van der Waals surface area contributed by atoms with Gasteiger partial charge in [0, 0.05) is 16.2 Å². The molecule has 0 saturated carbocycles. The van der Waals surface area contributed by atoms with Gasteiger partial charge in [0.2, 0.25) is 0 Å². The third kappa shape index (κ3) is 7.62. The largest absolute Gasteiger partial charge is 0.504 e. The lowest BCUT2D eigenvalue weighted by Gasteiger charge is -2.25. The van der Waals surface area contributed by atoms with Gasteiger partial charge in [-0.1, -0.05) is 35.0 Å². The molecule has 0 spiro atoms. The number of aromatic hydroxyl groups is 1. The zero-order chi connectivity index (χ0) is 22.8. The van der Waals surface area contributed by atoms with Crippen LogP contribution in [0.5, 0.6) is 11.5 Å². The summed E-state index contributed by atoms with van der Waals surface area (Å²) in [6.07, 6.45) is 2.65. The zero-order valence-corrected chi connectivity index (χ0v) is 18.8. The number of carbonyl (C=O) groups excluding carboxylic acids is 2. The summed E-state index contributed by atoms with van der Waals surface area (Å²) in [5.74, 6) is -0.513. The van der Waals surface area contributed by atoms with Gasteiger partial charge in [-0.3, -0.25) is 15.3 Å². The summed E-state index contributed by atoms with van der Waals surface area (Å²) < 4.78 is 11.7. The molecule has 2 rings (SSSR count). The lowest BCUT2D eigenvalue weighted by atomic mass is 9.92. The van der Waals surface area contributed by atoms with Crippen molar-refractivity contribution in [3.63, 3.8) is 0 Å². The second kappa shape index (κ2) is 12.0. The molecule has 2 aromatic carbocycles. The van der Waals surface area contributed by atoms with Gasteiger partial charge in [-0.2, -0.15) is 0 Å². The number of phenols is 1. The lowest BCUT2D eigenvalue weighted by Crippen LogP contribution is -2.22. The van der Waals surface area contributed by atoms with Gasteiger partial charge in [-0.25, -0.2) is 10.3 Å². The van der Waals surface area contributed by atoms with E-state index in [1.165, 1.54) is 24.7 Å².